The number of hydrogen-bond donors (Lipinski definition) is 0. The number of ether oxygens (including phenoxy) is 1. The second kappa shape index (κ2) is 3.22. The molecule has 2 aliphatic rings. The normalized spacial score (nSPS) is 48.9. The van der Waals surface area contributed by atoms with Gasteiger partial charge in [-0.05, 0) is 26.2 Å². The van der Waals surface area contributed by atoms with Crippen molar-refractivity contribution in [3.05, 3.63) is 12.7 Å². The number of esters is 1. The molecule has 1 aliphatic heterocycles. The quantitative estimate of drug-likeness (QED) is 0.338. The molecule has 2 rings (SSSR count). The lowest BCUT2D eigenvalue weighted by molar-refractivity contribution is -0.150. The first kappa shape index (κ1) is 11.4. The maximum atomic E-state index is 11.5. The van der Waals surface area contributed by atoms with Gasteiger partial charge in [-0.1, -0.05) is 35.6 Å². The second-order valence-corrected chi connectivity index (χ2v) is 7.27. The molecule has 1 heterocycles. The van der Waals surface area contributed by atoms with Crippen molar-refractivity contribution in [1.82, 2.24) is 0 Å². The van der Waals surface area contributed by atoms with Crippen molar-refractivity contribution in [2.75, 3.05) is 0 Å². The molecule has 0 amide bonds. The predicted molar refractivity (Wildman–Crippen MR) is 68.0 cm³/mol. The van der Waals surface area contributed by atoms with Gasteiger partial charge in [-0.2, -0.15) is 0 Å². The molecular weight excluding hydrogens is 303 g/mol. The van der Waals surface area contributed by atoms with E-state index in [1.165, 1.54) is 0 Å². The summed E-state index contributed by atoms with van der Waals surface area (Å²) in [5.41, 5.74) is -0.292. The molecule has 15 heavy (non-hydrogen) atoms. The van der Waals surface area contributed by atoms with E-state index in [-0.39, 0.29) is 20.4 Å². The molecule has 0 unspecified atom stereocenters. The van der Waals surface area contributed by atoms with Crippen molar-refractivity contribution in [2.24, 2.45) is 5.41 Å². The molecule has 3 atom stereocenters. The number of alkyl halides is 1. The van der Waals surface area contributed by atoms with Crippen LogP contribution in [0.15, 0.2) is 12.7 Å². The monoisotopic (exact) mass is 320 g/mol. The first-order valence-electron chi connectivity index (χ1n) is 5.39. The van der Waals surface area contributed by atoms with Crippen LogP contribution in [0.25, 0.3) is 0 Å². The van der Waals surface area contributed by atoms with Gasteiger partial charge in [-0.15, -0.1) is 6.58 Å². The molecule has 3 heteroatoms. The lowest BCUT2D eigenvalue weighted by atomic mass is 9.73. The molecule has 0 aromatic carbocycles. The Labute approximate surface area is 105 Å². The highest BCUT2D eigenvalue weighted by Crippen LogP contribution is 2.64. The van der Waals surface area contributed by atoms with Gasteiger partial charge in [0.2, 0.25) is 0 Å². The number of hydrogen-bond acceptors (Lipinski definition) is 2. The summed E-state index contributed by atoms with van der Waals surface area (Å²) in [4.78, 5) is 11.5. The second-order valence-electron chi connectivity index (χ2n) is 5.20. The summed E-state index contributed by atoms with van der Waals surface area (Å²) >= 11 is 2.47. The van der Waals surface area contributed by atoms with Gasteiger partial charge < -0.3 is 4.74 Å². The summed E-state index contributed by atoms with van der Waals surface area (Å²) in [5.74, 6) is -0.0372. The van der Waals surface area contributed by atoms with Crippen molar-refractivity contribution in [1.29, 1.82) is 0 Å². The maximum Gasteiger partial charge on any atom is 0.307 e. The molecule has 0 bridgehead atoms. The van der Waals surface area contributed by atoms with Gasteiger partial charge in [-0.3, -0.25) is 4.79 Å². The molecule has 84 valence electrons. The Morgan fingerprint density at radius 3 is 2.80 bits per heavy atom. The van der Waals surface area contributed by atoms with Crippen molar-refractivity contribution in [3.8, 4) is 0 Å². The fourth-order valence-corrected chi connectivity index (χ4v) is 4.41. The van der Waals surface area contributed by atoms with Crippen molar-refractivity contribution in [3.63, 3.8) is 0 Å². The van der Waals surface area contributed by atoms with E-state index >= 15 is 0 Å². The fourth-order valence-electron chi connectivity index (χ4n) is 3.07. The van der Waals surface area contributed by atoms with Gasteiger partial charge >= 0.3 is 5.97 Å². The summed E-state index contributed by atoms with van der Waals surface area (Å²) in [6.07, 6.45) is 5.61. The minimum absolute atomic E-state index is 0.0221. The minimum atomic E-state index is -0.314. The topological polar surface area (TPSA) is 26.3 Å². The van der Waals surface area contributed by atoms with E-state index in [4.69, 9.17) is 4.74 Å². The Balaban J connectivity index is 2.41. The zero-order valence-electron chi connectivity index (χ0n) is 9.31. The lowest BCUT2D eigenvalue weighted by Crippen LogP contribution is -2.49. The first-order valence-corrected chi connectivity index (χ1v) is 6.46. The number of carbonyl (C=O) groups is 1. The van der Waals surface area contributed by atoms with Gasteiger partial charge in [0.05, 0.1) is 9.84 Å². The molecule has 0 radical (unpaired) electrons. The zero-order chi connectivity index (χ0) is 11.3. The van der Waals surface area contributed by atoms with Gasteiger partial charge in [-0.25, -0.2) is 0 Å². The Bertz CT molecular complexity index is 328. The smallest absolute Gasteiger partial charge is 0.307 e. The summed E-state index contributed by atoms with van der Waals surface area (Å²) in [6, 6.07) is 0. The Hall–Kier alpha value is -0.0600. The van der Waals surface area contributed by atoms with Gasteiger partial charge in [0.15, 0.2) is 0 Å². The molecule has 0 aromatic rings. The average Bonchev–Trinajstić information content (AvgIpc) is 2.45. The fraction of sp³-hybridized carbons (Fsp3) is 0.750. The van der Waals surface area contributed by atoms with Crippen LogP contribution in [0, 0.1) is 5.41 Å². The molecule has 0 N–H and O–H groups in total. The molecular formula is C12H17IO2. The van der Waals surface area contributed by atoms with E-state index < -0.39 is 0 Å². The van der Waals surface area contributed by atoms with Crippen LogP contribution in [0.3, 0.4) is 0 Å². The number of rotatable bonds is 2. The molecule has 2 fully saturated rings. The molecule has 0 spiro atoms. The third-order valence-corrected chi connectivity index (χ3v) is 6.41. The Kier molecular flexibility index (Phi) is 2.45. The predicted octanol–water partition coefficient (Wildman–Crippen LogP) is 3.24. The maximum absolute atomic E-state index is 11.5. The van der Waals surface area contributed by atoms with Gasteiger partial charge in [0.25, 0.3) is 0 Å². The van der Waals surface area contributed by atoms with E-state index in [2.05, 4.69) is 43.0 Å². The molecule has 0 aromatic heterocycles. The lowest BCUT2D eigenvalue weighted by Gasteiger charge is -2.41. The highest BCUT2D eigenvalue weighted by Gasteiger charge is 2.68. The number of allylic oxidation sites excluding steroid dienone is 1. The van der Waals surface area contributed by atoms with Crippen LogP contribution in [0.1, 0.15) is 39.5 Å². The zero-order valence-corrected chi connectivity index (χ0v) is 11.5. The summed E-state index contributed by atoms with van der Waals surface area (Å²) in [7, 11) is 0. The van der Waals surface area contributed by atoms with E-state index in [1.807, 2.05) is 6.08 Å². The van der Waals surface area contributed by atoms with Crippen LogP contribution in [0.2, 0.25) is 0 Å². The summed E-state index contributed by atoms with van der Waals surface area (Å²) in [6.45, 7) is 8.09. The largest absolute Gasteiger partial charge is 0.457 e. The molecule has 1 saturated heterocycles. The highest BCUT2D eigenvalue weighted by atomic mass is 127. The van der Waals surface area contributed by atoms with Gasteiger partial charge in [0.1, 0.15) is 5.60 Å². The molecule has 1 saturated carbocycles. The Morgan fingerprint density at radius 2 is 2.20 bits per heavy atom. The highest BCUT2D eigenvalue weighted by molar-refractivity contribution is 14.1. The van der Waals surface area contributed by atoms with Crippen LogP contribution in [0.4, 0.5) is 0 Å². The van der Waals surface area contributed by atoms with Crippen LogP contribution in [-0.2, 0) is 9.53 Å². The van der Waals surface area contributed by atoms with E-state index in [1.54, 1.807) is 0 Å². The van der Waals surface area contributed by atoms with E-state index in [9.17, 15) is 4.79 Å². The first-order chi connectivity index (χ1) is 6.87. The number of halogens is 1. The van der Waals surface area contributed by atoms with Crippen LogP contribution in [-0.4, -0.2) is 15.0 Å². The van der Waals surface area contributed by atoms with E-state index in [0.29, 0.717) is 6.42 Å². The van der Waals surface area contributed by atoms with Crippen LogP contribution < -0.4 is 0 Å². The summed E-state index contributed by atoms with van der Waals surface area (Å²) in [5, 5.41) is 0. The average molecular weight is 320 g/mol. The van der Waals surface area contributed by atoms with Gasteiger partial charge in [0, 0.05) is 5.41 Å². The number of carbonyl (C=O) groups excluding carboxylic acids is 1. The van der Waals surface area contributed by atoms with Crippen LogP contribution in [0.5, 0.6) is 0 Å². The molecule has 2 nitrogen and oxygen atoms in total. The third-order valence-electron chi connectivity index (χ3n) is 4.40. The summed E-state index contributed by atoms with van der Waals surface area (Å²) < 4.78 is 5.68. The van der Waals surface area contributed by atoms with Crippen molar-refractivity contribution >= 4 is 28.6 Å². The minimum Gasteiger partial charge on any atom is -0.457 e. The SMILES string of the molecule is C=CC[C@@]1(I)CC[C@@]2(C)CC(=O)O[C@@]21C. The van der Waals surface area contributed by atoms with Crippen molar-refractivity contribution in [2.45, 2.75) is 48.6 Å². The van der Waals surface area contributed by atoms with Crippen LogP contribution >= 0.6 is 22.6 Å². The van der Waals surface area contributed by atoms with E-state index in [0.717, 1.165) is 19.3 Å². The standard InChI is InChI=1S/C12H17IO2/c1-4-5-12(13)7-6-10(2)8-9(14)15-11(10,12)3/h4H,1,5-8H2,2-3H3/t10-,11-,12+/m0/s1. The van der Waals surface area contributed by atoms with Crippen molar-refractivity contribution < 1.29 is 9.53 Å². The number of fused-ring (bicyclic) bond motifs is 1. The Morgan fingerprint density at radius 1 is 1.53 bits per heavy atom. The third kappa shape index (κ3) is 1.31. The molecule has 1 aliphatic carbocycles.